The van der Waals surface area contributed by atoms with Crippen molar-refractivity contribution in [3.63, 3.8) is 0 Å². The fourth-order valence-electron chi connectivity index (χ4n) is 1.96. The molecule has 0 bridgehead atoms. The van der Waals surface area contributed by atoms with E-state index in [2.05, 4.69) is 31.0 Å². The molecule has 0 aliphatic carbocycles. The van der Waals surface area contributed by atoms with E-state index in [1.165, 1.54) is 0 Å². The Hall–Kier alpha value is -0.610. The predicted molar refractivity (Wildman–Crippen MR) is 72.8 cm³/mol. The summed E-state index contributed by atoms with van der Waals surface area (Å²) in [4.78, 5) is 13.9. The van der Waals surface area contributed by atoms with Gasteiger partial charge in [-0.15, -0.1) is 0 Å². The number of nitrogens with two attached hydrogens (primary N) is 1. The molecule has 0 saturated heterocycles. The standard InChI is InChI=1S/C13H29N3O/c1-6-11(8-14)7-13(17)15-9-12(10(2)3)16(4)5/h10-12H,6-9,14H2,1-5H3,(H,15,17). The largest absolute Gasteiger partial charge is 0.355 e. The minimum atomic E-state index is 0.120. The molecule has 4 heteroatoms. The molecule has 0 heterocycles. The van der Waals surface area contributed by atoms with Gasteiger partial charge >= 0.3 is 0 Å². The summed E-state index contributed by atoms with van der Waals surface area (Å²) in [5.41, 5.74) is 5.60. The van der Waals surface area contributed by atoms with Gasteiger partial charge in [0, 0.05) is 19.0 Å². The SMILES string of the molecule is CCC(CN)CC(=O)NCC(C(C)C)N(C)C. The highest BCUT2D eigenvalue weighted by Gasteiger charge is 2.17. The third-order valence-corrected chi connectivity index (χ3v) is 3.33. The van der Waals surface area contributed by atoms with E-state index in [9.17, 15) is 4.79 Å². The molecule has 0 saturated carbocycles. The maximum Gasteiger partial charge on any atom is 0.220 e. The Bertz CT molecular complexity index is 205. The zero-order valence-corrected chi connectivity index (χ0v) is 12.0. The first-order valence-electron chi connectivity index (χ1n) is 6.55. The number of hydrogen-bond acceptors (Lipinski definition) is 3. The number of carbonyl (C=O) groups is 1. The van der Waals surface area contributed by atoms with E-state index < -0.39 is 0 Å². The summed E-state index contributed by atoms with van der Waals surface area (Å²) in [6.07, 6.45) is 1.51. The molecular formula is C13H29N3O. The Balaban J connectivity index is 4.04. The molecule has 0 aliphatic rings. The number of carbonyl (C=O) groups excluding carboxylic acids is 1. The van der Waals surface area contributed by atoms with Gasteiger partial charge in [0.2, 0.25) is 5.91 Å². The quantitative estimate of drug-likeness (QED) is 0.670. The van der Waals surface area contributed by atoms with Gasteiger partial charge in [-0.3, -0.25) is 4.79 Å². The third-order valence-electron chi connectivity index (χ3n) is 3.33. The summed E-state index contributed by atoms with van der Waals surface area (Å²) in [6, 6.07) is 0.386. The molecule has 4 nitrogen and oxygen atoms in total. The lowest BCUT2D eigenvalue weighted by molar-refractivity contribution is -0.122. The lowest BCUT2D eigenvalue weighted by atomic mass is 10.0. The van der Waals surface area contributed by atoms with Crippen LogP contribution in [0.1, 0.15) is 33.6 Å². The van der Waals surface area contributed by atoms with Crippen LogP contribution < -0.4 is 11.1 Å². The van der Waals surface area contributed by atoms with Gasteiger partial charge in [-0.25, -0.2) is 0 Å². The molecule has 0 aromatic carbocycles. The van der Waals surface area contributed by atoms with Crippen LogP contribution in [0, 0.1) is 11.8 Å². The molecule has 0 fully saturated rings. The van der Waals surface area contributed by atoms with E-state index in [0.717, 1.165) is 6.42 Å². The van der Waals surface area contributed by atoms with Crippen LogP contribution in [0.25, 0.3) is 0 Å². The van der Waals surface area contributed by atoms with Crippen molar-refractivity contribution in [3.05, 3.63) is 0 Å². The second-order valence-corrected chi connectivity index (χ2v) is 5.29. The molecular weight excluding hydrogens is 214 g/mol. The summed E-state index contributed by atoms with van der Waals surface area (Å²) in [5.74, 6) is 0.962. The molecule has 3 N–H and O–H groups in total. The van der Waals surface area contributed by atoms with Crippen LogP contribution in [-0.4, -0.2) is 44.0 Å². The Kier molecular flexibility index (Phi) is 8.17. The average Bonchev–Trinajstić information content (AvgIpc) is 2.25. The van der Waals surface area contributed by atoms with Gasteiger partial charge < -0.3 is 16.0 Å². The minimum absolute atomic E-state index is 0.120. The zero-order valence-electron chi connectivity index (χ0n) is 12.0. The molecule has 2 atom stereocenters. The molecule has 1 amide bonds. The van der Waals surface area contributed by atoms with Gasteiger partial charge in [-0.1, -0.05) is 27.2 Å². The van der Waals surface area contributed by atoms with Crippen LogP contribution in [0.15, 0.2) is 0 Å². The van der Waals surface area contributed by atoms with Gasteiger partial charge in [0.05, 0.1) is 0 Å². The Morgan fingerprint density at radius 3 is 2.29 bits per heavy atom. The number of nitrogens with one attached hydrogen (secondary N) is 1. The predicted octanol–water partition coefficient (Wildman–Crippen LogP) is 1.06. The monoisotopic (exact) mass is 243 g/mol. The van der Waals surface area contributed by atoms with E-state index in [4.69, 9.17) is 5.73 Å². The average molecular weight is 243 g/mol. The lowest BCUT2D eigenvalue weighted by Crippen LogP contribution is -2.43. The highest BCUT2D eigenvalue weighted by Crippen LogP contribution is 2.08. The van der Waals surface area contributed by atoms with Crippen LogP contribution in [0.2, 0.25) is 0 Å². The number of amides is 1. The third kappa shape index (κ3) is 6.64. The molecule has 0 radical (unpaired) electrons. The topological polar surface area (TPSA) is 58.4 Å². The second kappa shape index (κ2) is 8.48. The zero-order chi connectivity index (χ0) is 13.4. The highest BCUT2D eigenvalue weighted by atomic mass is 16.1. The summed E-state index contributed by atoms with van der Waals surface area (Å²) in [6.45, 7) is 7.72. The van der Waals surface area contributed by atoms with Crippen molar-refractivity contribution in [2.24, 2.45) is 17.6 Å². The number of rotatable bonds is 8. The first-order valence-corrected chi connectivity index (χ1v) is 6.55. The fourth-order valence-corrected chi connectivity index (χ4v) is 1.96. The highest BCUT2D eigenvalue weighted by molar-refractivity contribution is 5.76. The second-order valence-electron chi connectivity index (χ2n) is 5.29. The number of hydrogen-bond donors (Lipinski definition) is 2. The van der Waals surface area contributed by atoms with E-state index >= 15 is 0 Å². The van der Waals surface area contributed by atoms with E-state index in [1.54, 1.807) is 0 Å². The van der Waals surface area contributed by atoms with Gasteiger partial charge in [-0.05, 0) is 32.5 Å². The van der Waals surface area contributed by atoms with Crippen LogP contribution in [-0.2, 0) is 4.79 Å². The first kappa shape index (κ1) is 16.4. The van der Waals surface area contributed by atoms with Gasteiger partial charge in [0.15, 0.2) is 0 Å². The smallest absolute Gasteiger partial charge is 0.220 e. The minimum Gasteiger partial charge on any atom is -0.355 e. The lowest BCUT2D eigenvalue weighted by Gasteiger charge is -2.28. The normalized spacial score (nSPS) is 15.1. The van der Waals surface area contributed by atoms with Crippen molar-refractivity contribution in [3.8, 4) is 0 Å². The molecule has 0 rings (SSSR count). The molecule has 0 aliphatic heterocycles. The van der Waals surface area contributed by atoms with Crippen molar-refractivity contribution in [1.29, 1.82) is 0 Å². The summed E-state index contributed by atoms with van der Waals surface area (Å²) < 4.78 is 0. The summed E-state index contributed by atoms with van der Waals surface area (Å²) in [7, 11) is 4.09. The molecule has 0 aromatic heterocycles. The summed E-state index contributed by atoms with van der Waals surface area (Å²) >= 11 is 0. The van der Waals surface area contributed by atoms with Crippen molar-refractivity contribution >= 4 is 5.91 Å². The van der Waals surface area contributed by atoms with Crippen LogP contribution >= 0.6 is 0 Å². The van der Waals surface area contributed by atoms with Gasteiger partial charge in [0.25, 0.3) is 0 Å². The van der Waals surface area contributed by atoms with Crippen molar-refractivity contribution in [1.82, 2.24) is 10.2 Å². The Morgan fingerprint density at radius 2 is 1.94 bits per heavy atom. The van der Waals surface area contributed by atoms with Gasteiger partial charge in [0.1, 0.15) is 0 Å². The first-order chi connectivity index (χ1) is 7.92. The molecule has 2 unspecified atom stereocenters. The summed E-state index contributed by atoms with van der Waals surface area (Å²) in [5, 5.41) is 3.01. The molecule has 17 heavy (non-hydrogen) atoms. The molecule has 102 valence electrons. The van der Waals surface area contributed by atoms with Gasteiger partial charge in [-0.2, -0.15) is 0 Å². The van der Waals surface area contributed by atoms with Crippen molar-refractivity contribution < 1.29 is 4.79 Å². The Morgan fingerprint density at radius 1 is 1.35 bits per heavy atom. The maximum absolute atomic E-state index is 11.7. The number of nitrogens with zero attached hydrogens (tertiary/aromatic N) is 1. The van der Waals surface area contributed by atoms with Crippen molar-refractivity contribution in [2.75, 3.05) is 27.2 Å². The van der Waals surface area contributed by atoms with Crippen LogP contribution in [0.5, 0.6) is 0 Å². The Labute approximate surface area is 106 Å². The number of likely N-dealkylation sites (N-methyl/N-ethyl adjacent to an activating group) is 1. The molecule has 0 aromatic rings. The van der Waals surface area contributed by atoms with E-state index in [1.807, 2.05) is 14.1 Å². The van der Waals surface area contributed by atoms with E-state index in [-0.39, 0.29) is 5.91 Å². The van der Waals surface area contributed by atoms with E-state index in [0.29, 0.717) is 37.4 Å². The maximum atomic E-state index is 11.7. The van der Waals surface area contributed by atoms with Crippen molar-refractivity contribution in [2.45, 2.75) is 39.7 Å². The molecule has 0 spiro atoms. The fraction of sp³-hybridized carbons (Fsp3) is 0.923. The van der Waals surface area contributed by atoms with Crippen LogP contribution in [0.4, 0.5) is 0 Å². The van der Waals surface area contributed by atoms with Crippen LogP contribution in [0.3, 0.4) is 0 Å².